The normalized spacial score (nSPS) is 19.4. The second kappa shape index (κ2) is 5.47. The number of carbonyl (C=O) groups excluding carboxylic acids is 1. The van der Waals surface area contributed by atoms with Gasteiger partial charge in [-0.15, -0.1) is 0 Å². The number of carbonyl (C=O) groups is 1. The van der Waals surface area contributed by atoms with Crippen molar-refractivity contribution < 1.29 is 14.6 Å². The molecule has 18 heavy (non-hydrogen) atoms. The zero-order valence-electron chi connectivity index (χ0n) is 9.82. The molecule has 1 aliphatic rings. The zero-order valence-corrected chi connectivity index (χ0v) is 12.2. The van der Waals surface area contributed by atoms with E-state index in [1.54, 1.807) is 24.1 Å². The van der Waals surface area contributed by atoms with E-state index in [-0.39, 0.29) is 18.4 Å². The van der Waals surface area contributed by atoms with Gasteiger partial charge in [0.05, 0.1) is 17.3 Å². The molecule has 0 radical (unpaired) electrons. The van der Waals surface area contributed by atoms with Crippen LogP contribution in [0.4, 0.5) is 5.69 Å². The molecule has 1 unspecified atom stereocenters. The summed E-state index contributed by atoms with van der Waals surface area (Å²) in [6, 6.07) is 3.41. The van der Waals surface area contributed by atoms with Crippen molar-refractivity contribution in [2.24, 2.45) is 5.92 Å². The Kier molecular flexibility index (Phi) is 4.14. The van der Waals surface area contributed by atoms with Gasteiger partial charge in [0.2, 0.25) is 5.91 Å². The van der Waals surface area contributed by atoms with Crippen molar-refractivity contribution in [1.29, 1.82) is 0 Å². The second-order valence-corrected chi connectivity index (χ2v) is 5.49. The van der Waals surface area contributed by atoms with Crippen LogP contribution in [0.25, 0.3) is 0 Å². The Balaban J connectivity index is 2.41. The predicted molar refractivity (Wildman–Crippen MR) is 73.2 cm³/mol. The van der Waals surface area contributed by atoms with Gasteiger partial charge in [-0.25, -0.2) is 0 Å². The molecule has 0 bridgehead atoms. The molecular weight excluding hydrogens is 321 g/mol. The van der Waals surface area contributed by atoms with E-state index < -0.39 is 0 Å². The number of aliphatic hydroxyl groups is 1. The van der Waals surface area contributed by atoms with Crippen molar-refractivity contribution >= 4 is 39.1 Å². The van der Waals surface area contributed by atoms with Crippen molar-refractivity contribution in [2.75, 3.05) is 25.2 Å². The molecule has 0 saturated carbocycles. The molecule has 0 spiro atoms. The number of anilines is 1. The summed E-state index contributed by atoms with van der Waals surface area (Å²) in [5, 5.41) is 9.66. The van der Waals surface area contributed by atoms with Gasteiger partial charge < -0.3 is 14.7 Å². The van der Waals surface area contributed by atoms with Gasteiger partial charge in [0.15, 0.2) is 5.75 Å². The predicted octanol–water partition coefficient (Wildman–Crippen LogP) is 2.46. The van der Waals surface area contributed by atoms with Gasteiger partial charge in [-0.1, -0.05) is 11.6 Å². The van der Waals surface area contributed by atoms with Crippen molar-refractivity contribution in [3.63, 3.8) is 0 Å². The maximum absolute atomic E-state index is 11.9. The van der Waals surface area contributed by atoms with E-state index in [1.807, 2.05) is 0 Å². The fourth-order valence-corrected chi connectivity index (χ4v) is 3.04. The van der Waals surface area contributed by atoms with Gasteiger partial charge in [0, 0.05) is 30.5 Å². The molecule has 1 heterocycles. The number of rotatable bonds is 3. The molecule has 1 atom stereocenters. The fourth-order valence-electron chi connectivity index (χ4n) is 2.09. The molecule has 1 N–H and O–H groups in total. The van der Waals surface area contributed by atoms with Gasteiger partial charge in [0.1, 0.15) is 0 Å². The minimum Gasteiger partial charge on any atom is -0.493 e. The minimum atomic E-state index is -0.0278. The molecule has 1 saturated heterocycles. The average molecular weight is 335 g/mol. The number of nitrogens with zero attached hydrogens (tertiary/aromatic N) is 1. The molecule has 0 aliphatic carbocycles. The van der Waals surface area contributed by atoms with E-state index in [0.29, 0.717) is 33.9 Å². The van der Waals surface area contributed by atoms with E-state index in [1.165, 1.54) is 0 Å². The Bertz CT molecular complexity index is 481. The van der Waals surface area contributed by atoms with Crippen molar-refractivity contribution in [1.82, 2.24) is 0 Å². The molecule has 4 nitrogen and oxygen atoms in total. The van der Waals surface area contributed by atoms with Gasteiger partial charge in [0.25, 0.3) is 0 Å². The van der Waals surface area contributed by atoms with Crippen LogP contribution < -0.4 is 9.64 Å². The first-order valence-corrected chi connectivity index (χ1v) is 6.68. The van der Waals surface area contributed by atoms with Crippen LogP contribution in [-0.2, 0) is 4.79 Å². The Labute approximate surface area is 119 Å². The van der Waals surface area contributed by atoms with E-state index in [9.17, 15) is 4.79 Å². The number of ether oxygens (including phenoxy) is 1. The SMILES string of the molecule is COc1c(Br)cc(Cl)cc1N1CC(CO)CC1=O. The van der Waals surface area contributed by atoms with E-state index in [4.69, 9.17) is 21.4 Å². The summed E-state index contributed by atoms with van der Waals surface area (Å²) < 4.78 is 6.00. The van der Waals surface area contributed by atoms with Crippen LogP contribution in [-0.4, -0.2) is 31.3 Å². The highest BCUT2D eigenvalue weighted by molar-refractivity contribution is 9.10. The van der Waals surface area contributed by atoms with Gasteiger partial charge in [-0.2, -0.15) is 0 Å². The van der Waals surface area contributed by atoms with Crippen LogP contribution in [0, 0.1) is 5.92 Å². The lowest BCUT2D eigenvalue weighted by Gasteiger charge is -2.20. The largest absolute Gasteiger partial charge is 0.493 e. The van der Waals surface area contributed by atoms with E-state index >= 15 is 0 Å². The quantitative estimate of drug-likeness (QED) is 0.924. The smallest absolute Gasteiger partial charge is 0.227 e. The lowest BCUT2D eigenvalue weighted by Crippen LogP contribution is -2.25. The average Bonchev–Trinajstić information content (AvgIpc) is 2.69. The molecule has 1 amide bonds. The second-order valence-electron chi connectivity index (χ2n) is 4.20. The molecule has 6 heteroatoms. The minimum absolute atomic E-state index is 0.00624. The van der Waals surface area contributed by atoms with Crippen LogP contribution in [0.2, 0.25) is 5.02 Å². The lowest BCUT2D eigenvalue weighted by atomic mass is 10.1. The Morgan fingerprint density at radius 1 is 1.61 bits per heavy atom. The van der Waals surface area contributed by atoms with Crippen molar-refractivity contribution in [2.45, 2.75) is 6.42 Å². The number of hydrogen-bond acceptors (Lipinski definition) is 3. The highest BCUT2D eigenvalue weighted by Gasteiger charge is 2.32. The van der Waals surface area contributed by atoms with Crippen molar-refractivity contribution in [3.8, 4) is 5.75 Å². The molecule has 0 aromatic heterocycles. The molecule has 1 aromatic rings. The fraction of sp³-hybridized carbons (Fsp3) is 0.417. The Morgan fingerprint density at radius 2 is 2.33 bits per heavy atom. The van der Waals surface area contributed by atoms with E-state index in [0.717, 1.165) is 0 Å². The summed E-state index contributed by atoms with van der Waals surface area (Å²) in [6.45, 7) is 0.491. The lowest BCUT2D eigenvalue weighted by molar-refractivity contribution is -0.117. The first kappa shape index (κ1) is 13.6. The summed E-state index contributed by atoms with van der Waals surface area (Å²) in [7, 11) is 1.54. The van der Waals surface area contributed by atoms with Gasteiger partial charge >= 0.3 is 0 Å². The maximum atomic E-state index is 11.9. The first-order chi connectivity index (χ1) is 8.56. The summed E-state index contributed by atoms with van der Waals surface area (Å²) in [5.74, 6) is 0.521. The third-order valence-electron chi connectivity index (χ3n) is 2.95. The molecule has 98 valence electrons. The molecule has 1 aliphatic heterocycles. The highest BCUT2D eigenvalue weighted by Crippen LogP contribution is 2.40. The number of benzene rings is 1. The number of amides is 1. The number of methoxy groups -OCH3 is 1. The number of halogens is 2. The molecule has 1 fully saturated rings. The molecular formula is C12H13BrClNO3. The standard InChI is InChI=1S/C12H13BrClNO3/c1-18-12-9(13)3-8(14)4-10(12)15-5-7(6-16)2-11(15)17/h3-4,7,16H,2,5-6H2,1H3. The summed E-state index contributed by atoms with van der Waals surface area (Å²) in [6.07, 6.45) is 0.351. The van der Waals surface area contributed by atoms with E-state index in [2.05, 4.69) is 15.9 Å². The number of hydrogen-bond donors (Lipinski definition) is 1. The molecule has 1 aromatic carbocycles. The first-order valence-electron chi connectivity index (χ1n) is 5.51. The topological polar surface area (TPSA) is 49.8 Å². The van der Waals surface area contributed by atoms with Crippen molar-refractivity contribution in [3.05, 3.63) is 21.6 Å². The number of aliphatic hydroxyl groups excluding tert-OH is 1. The Hall–Kier alpha value is -0.780. The third kappa shape index (κ3) is 2.48. The monoisotopic (exact) mass is 333 g/mol. The summed E-state index contributed by atoms with van der Waals surface area (Å²) in [4.78, 5) is 13.5. The highest BCUT2D eigenvalue weighted by atomic mass is 79.9. The zero-order chi connectivity index (χ0) is 13.3. The van der Waals surface area contributed by atoms with Crippen LogP contribution in [0.3, 0.4) is 0 Å². The Morgan fingerprint density at radius 3 is 2.89 bits per heavy atom. The van der Waals surface area contributed by atoms with Crippen LogP contribution in [0.5, 0.6) is 5.75 Å². The van der Waals surface area contributed by atoms with Crippen LogP contribution in [0.15, 0.2) is 16.6 Å². The summed E-state index contributed by atoms with van der Waals surface area (Å²) >= 11 is 9.36. The van der Waals surface area contributed by atoms with Gasteiger partial charge in [-0.3, -0.25) is 4.79 Å². The van der Waals surface area contributed by atoms with Crippen LogP contribution in [0.1, 0.15) is 6.42 Å². The maximum Gasteiger partial charge on any atom is 0.227 e. The van der Waals surface area contributed by atoms with Gasteiger partial charge in [-0.05, 0) is 28.1 Å². The molecule has 2 rings (SSSR count). The summed E-state index contributed by atoms with van der Waals surface area (Å²) in [5.41, 5.74) is 0.637. The third-order valence-corrected chi connectivity index (χ3v) is 3.75. The van der Waals surface area contributed by atoms with Crippen LogP contribution >= 0.6 is 27.5 Å².